The third-order valence-electron chi connectivity index (χ3n) is 3.12. The molecular weight excluding hydrogens is 402 g/mol. The summed E-state index contributed by atoms with van der Waals surface area (Å²) < 4.78 is 4.29. The highest BCUT2D eigenvalue weighted by Crippen LogP contribution is 2.27. The molecular formula is C14H13Br2N3S. The van der Waals surface area contributed by atoms with Gasteiger partial charge < -0.3 is 5.32 Å². The largest absolute Gasteiger partial charge is 0.378 e. The summed E-state index contributed by atoms with van der Waals surface area (Å²) in [5.41, 5.74) is 3.37. The van der Waals surface area contributed by atoms with Crippen LogP contribution in [0.15, 0.2) is 33.3 Å². The zero-order valence-corrected chi connectivity index (χ0v) is 15.1. The summed E-state index contributed by atoms with van der Waals surface area (Å²) in [6.45, 7) is 4.92. The quantitative estimate of drug-likeness (QED) is 0.642. The van der Waals surface area contributed by atoms with Gasteiger partial charge in [0.2, 0.25) is 0 Å². The average Bonchev–Trinajstić information content (AvgIpc) is 2.84. The molecule has 104 valence electrons. The molecule has 0 amide bonds. The van der Waals surface area contributed by atoms with E-state index < -0.39 is 0 Å². The number of nitrogens with zero attached hydrogens (tertiary/aromatic N) is 2. The third kappa shape index (κ3) is 2.64. The predicted molar refractivity (Wildman–Crippen MR) is 91.7 cm³/mol. The molecule has 0 aliphatic carbocycles. The van der Waals surface area contributed by atoms with Gasteiger partial charge >= 0.3 is 0 Å². The molecule has 20 heavy (non-hydrogen) atoms. The predicted octanol–water partition coefficient (Wildman–Crippen LogP) is 5.15. The van der Waals surface area contributed by atoms with Crippen molar-refractivity contribution in [2.75, 3.05) is 5.32 Å². The van der Waals surface area contributed by atoms with Crippen LogP contribution in [-0.4, -0.2) is 9.38 Å². The minimum atomic E-state index is 0.753. The van der Waals surface area contributed by atoms with Crippen molar-refractivity contribution in [1.82, 2.24) is 9.38 Å². The molecule has 0 unspecified atom stereocenters. The monoisotopic (exact) mass is 413 g/mol. The van der Waals surface area contributed by atoms with E-state index in [4.69, 9.17) is 0 Å². The Morgan fingerprint density at radius 2 is 2.10 bits per heavy atom. The maximum Gasteiger partial charge on any atom is 0.194 e. The Hall–Kier alpha value is -0.850. The molecule has 0 atom stereocenters. The smallest absolute Gasteiger partial charge is 0.194 e. The second kappa shape index (κ2) is 5.50. The highest BCUT2D eigenvalue weighted by molar-refractivity contribution is 9.11. The molecule has 0 radical (unpaired) electrons. The Morgan fingerprint density at radius 3 is 2.85 bits per heavy atom. The minimum absolute atomic E-state index is 0.753. The van der Waals surface area contributed by atoms with Crippen LogP contribution >= 0.6 is 43.2 Å². The van der Waals surface area contributed by atoms with Crippen LogP contribution in [0.25, 0.3) is 4.96 Å². The molecule has 0 bridgehead atoms. The first kappa shape index (κ1) is 14.1. The highest BCUT2D eigenvalue weighted by atomic mass is 79.9. The van der Waals surface area contributed by atoms with Crippen molar-refractivity contribution in [3.63, 3.8) is 0 Å². The van der Waals surface area contributed by atoms with Crippen molar-refractivity contribution in [1.29, 1.82) is 0 Å². The van der Waals surface area contributed by atoms with E-state index in [0.29, 0.717) is 0 Å². The summed E-state index contributed by atoms with van der Waals surface area (Å²) >= 11 is 8.76. The van der Waals surface area contributed by atoms with Gasteiger partial charge in [-0.2, -0.15) is 0 Å². The first-order valence-electron chi connectivity index (χ1n) is 6.17. The van der Waals surface area contributed by atoms with Crippen LogP contribution in [0.5, 0.6) is 0 Å². The number of hydrogen-bond donors (Lipinski definition) is 1. The lowest BCUT2D eigenvalue weighted by Gasteiger charge is -2.09. The number of aryl methyl sites for hydroxylation is 2. The SMILES string of the molecule is Cc1cn2c(CNc3ccc(Br)cc3Br)c(C)nc2s1. The lowest BCUT2D eigenvalue weighted by atomic mass is 10.3. The highest BCUT2D eigenvalue weighted by Gasteiger charge is 2.11. The second-order valence-electron chi connectivity index (χ2n) is 4.62. The molecule has 3 rings (SSSR count). The fourth-order valence-corrected chi connectivity index (χ4v) is 4.21. The van der Waals surface area contributed by atoms with E-state index in [1.165, 1.54) is 10.6 Å². The number of rotatable bonds is 3. The van der Waals surface area contributed by atoms with Gasteiger partial charge in [0, 0.05) is 25.7 Å². The first-order chi connectivity index (χ1) is 9.54. The van der Waals surface area contributed by atoms with Crippen LogP contribution in [0.1, 0.15) is 16.3 Å². The molecule has 0 saturated heterocycles. The molecule has 2 heterocycles. The summed E-state index contributed by atoms with van der Waals surface area (Å²) in [7, 11) is 0. The van der Waals surface area contributed by atoms with Crippen molar-refractivity contribution in [2.24, 2.45) is 0 Å². The molecule has 3 aromatic rings. The normalized spacial score (nSPS) is 11.2. The number of fused-ring (bicyclic) bond motifs is 1. The Balaban J connectivity index is 1.87. The van der Waals surface area contributed by atoms with E-state index in [1.807, 2.05) is 12.1 Å². The number of anilines is 1. The van der Waals surface area contributed by atoms with Gasteiger partial charge in [-0.05, 0) is 48.0 Å². The molecule has 6 heteroatoms. The Kier molecular flexibility index (Phi) is 3.88. The number of hydrogen-bond acceptors (Lipinski definition) is 3. The van der Waals surface area contributed by atoms with Crippen molar-refractivity contribution >= 4 is 53.8 Å². The number of imidazole rings is 1. The van der Waals surface area contributed by atoms with E-state index in [1.54, 1.807) is 11.3 Å². The maximum atomic E-state index is 4.61. The topological polar surface area (TPSA) is 29.3 Å². The van der Waals surface area contributed by atoms with Gasteiger partial charge in [-0.15, -0.1) is 11.3 Å². The van der Waals surface area contributed by atoms with Crippen molar-refractivity contribution in [2.45, 2.75) is 20.4 Å². The van der Waals surface area contributed by atoms with Gasteiger partial charge in [0.25, 0.3) is 0 Å². The standard InChI is InChI=1S/C14H13Br2N3S/c1-8-7-19-13(9(2)18-14(19)20-8)6-17-12-4-3-10(15)5-11(12)16/h3-5,7,17H,6H2,1-2H3. The van der Waals surface area contributed by atoms with E-state index >= 15 is 0 Å². The molecule has 0 fully saturated rings. The second-order valence-corrected chi connectivity index (χ2v) is 7.60. The number of nitrogens with one attached hydrogen (secondary N) is 1. The molecule has 1 N–H and O–H groups in total. The molecule has 2 aromatic heterocycles. The Bertz CT molecular complexity index is 776. The van der Waals surface area contributed by atoms with Gasteiger partial charge in [-0.3, -0.25) is 4.40 Å². The first-order valence-corrected chi connectivity index (χ1v) is 8.58. The average molecular weight is 415 g/mol. The molecule has 3 nitrogen and oxygen atoms in total. The van der Waals surface area contributed by atoms with E-state index in [0.717, 1.165) is 31.8 Å². The fraction of sp³-hybridized carbons (Fsp3) is 0.214. The van der Waals surface area contributed by atoms with E-state index in [-0.39, 0.29) is 0 Å². The Labute approximate surface area is 138 Å². The summed E-state index contributed by atoms with van der Waals surface area (Å²) in [6, 6.07) is 6.12. The van der Waals surface area contributed by atoms with Crippen LogP contribution in [0.2, 0.25) is 0 Å². The zero-order chi connectivity index (χ0) is 14.3. The zero-order valence-electron chi connectivity index (χ0n) is 11.1. The van der Waals surface area contributed by atoms with Gasteiger partial charge in [-0.25, -0.2) is 4.98 Å². The third-order valence-corrected chi connectivity index (χ3v) is 5.17. The van der Waals surface area contributed by atoms with Gasteiger partial charge in [-0.1, -0.05) is 15.9 Å². The number of benzene rings is 1. The van der Waals surface area contributed by atoms with Gasteiger partial charge in [0.1, 0.15) is 0 Å². The van der Waals surface area contributed by atoms with E-state index in [9.17, 15) is 0 Å². The minimum Gasteiger partial charge on any atom is -0.378 e. The van der Waals surface area contributed by atoms with Crippen LogP contribution in [0.3, 0.4) is 0 Å². The van der Waals surface area contributed by atoms with Crippen LogP contribution in [0, 0.1) is 13.8 Å². The lowest BCUT2D eigenvalue weighted by Crippen LogP contribution is -2.04. The van der Waals surface area contributed by atoms with E-state index in [2.05, 4.69) is 72.7 Å². The van der Waals surface area contributed by atoms with Crippen molar-refractivity contribution in [3.05, 3.63) is 49.6 Å². The molecule has 0 aliphatic heterocycles. The van der Waals surface area contributed by atoms with Crippen molar-refractivity contribution in [3.8, 4) is 0 Å². The number of thiazole rings is 1. The summed E-state index contributed by atoms with van der Waals surface area (Å²) in [5.74, 6) is 0. The Morgan fingerprint density at radius 1 is 1.30 bits per heavy atom. The molecule has 0 spiro atoms. The summed E-state index contributed by atoms with van der Waals surface area (Å²) in [5, 5.41) is 3.46. The number of aromatic nitrogens is 2. The lowest BCUT2D eigenvalue weighted by molar-refractivity contribution is 0.990. The van der Waals surface area contributed by atoms with Gasteiger partial charge in [0.15, 0.2) is 4.96 Å². The molecule has 0 saturated carbocycles. The maximum absolute atomic E-state index is 4.61. The van der Waals surface area contributed by atoms with Crippen LogP contribution in [0.4, 0.5) is 5.69 Å². The van der Waals surface area contributed by atoms with Crippen molar-refractivity contribution < 1.29 is 0 Å². The summed E-state index contributed by atoms with van der Waals surface area (Å²) in [4.78, 5) is 6.94. The van der Waals surface area contributed by atoms with Gasteiger partial charge in [0.05, 0.1) is 17.9 Å². The summed E-state index contributed by atoms with van der Waals surface area (Å²) in [6.07, 6.45) is 2.15. The molecule has 0 aliphatic rings. The van der Waals surface area contributed by atoms with Crippen LogP contribution in [-0.2, 0) is 6.54 Å². The fourth-order valence-electron chi connectivity index (χ4n) is 2.13. The molecule has 1 aromatic carbocycles. The van der Waals surface area contributed by atoms with Crippen LogP contribution < -0.4 is 5.32 Å². The number of halogens is 2.